The number of likely N-dealkylation sites (tertiary alicyclic amines) is 1. The summed E-state index contributed by atoms with van der Waals surface area (Å²) in [6.45, 7) is 2.43. The second kappa shape index (κ2) is 7.08. The maximum atomic E-state index is 12.0. The minimum absolute atomic E-state index is 0.00922. The fourth-order valence-electron chi connectivity index (χ4n) is 2.43. The molecule has 0 aromatic carbocycles. The highest BCUT2D eigenvalue weighted by Gasteiger charge is 2.42. The Kier molecular flexibility index (Phi) is 5.97. The quantitative estimate of drug-likeness (QED) is 0.628. The number of rotatable bonds is 6. The number of carbonyl (C=O) groups excluding carboxylic acids is 1. The molecular weight excluding hydrogens is 298 g/mol. The normalized spacial score (nSPS) is 22.9. The number of sulfonamides is 1. The number of urea groups is 1. The Morgan fingerprint density at radius 2 is 2.05 bits per heavy atom. The number of amides is 2. The number of carboxylic acids is 1. The van der Waals surface area contributed by atoms with Crippen LogP contribution in [0.4, 0.5) is 4.79 Å². The van der Waals surface area contributed by atoms with Crippen LogP contribution in [0.25, 0.3) is 0 Å². The van der Waals surface area contributed by atoms with E-state index in [0.717, 1.165) is 0 Å². The molecule has 122 valence electrons. The predicted molar refractivity (Wildman–Crippen MR) is 77.4 cm³/mol. The number of nitrogens with one attached hydrogen (secondary N) is 2. The fourth-order valence-corrected chi connectivity index (χ4v) is 3.00. The standard InChI is InChI=1S/C12H23N3O5S/c1-3-12(10(16)17)5-4-7-15(9-12)11(18)14-6-8-21(19,20)13-2/h13H,3-9H2,1-2H3,(H,14,18)(H,16,17). The number of carboxylic acid groups (broad SMARTS) is 1. The molecule has 1 unspecified atom stereocenters. The van der Waals surface area contributed by atoms with Crippen molar-refractivity contribution in [3.63, 3.8) is 0 Å². The Labute approximate surface area is 124 Å². The van der Waals surface area contributed by atoms with Gasteiger partial charge in [0.1, 0.15) is 0 Å². The summed E-state index contributed by atoms with van der Waals surface area (Å²) in [6, 6.07) is -0.417. The van der Waals surface area contributed by atoms with Gasteiger partial charge in [0.15, 0.2) is 0 Å². The average Bonchev–Trinajstić information content (AvgIpc) is 2.46. The largest absolute Gasteiger partial charge is 0.481 e. The molecule has 0 radical (unpaired) electrons. The van der Waals surface area contributed by atoms with Crippen LogP contribution in [0.1, 0.15) is 26.2 Å². The molecule has 0 aromatic rings. The van der Waals surface area contributed by atoms with E-state index in [9.17, 15) is 23.1 Å². The van der Waals surface area contributed by atoms with Crippen LogP contribution in [0.15, 0.2) is 0 Å². The molecule has 1 atom stereocenters. The molecule has 21 heavy (non-hydrogen) atoms. The van der Waals surface area contributed by atoms with E-state index in [-0.39, 0.29) is 18.8 Å². The van der Waals surface area contributed by atoms with Crippen molar-refractivity contribution in [2.75, 3.05) is 32.4 Å². The number of hydrogen-bond acceptors (Lipinski definition) is 4. The summed E-state index contributed by atoms with van der Waals surface area (Å²) in [4.78, 5) is 24.9. The molecule has 0 spiro atoms. The number of carbonyl (C=O) groups is 2. The molecule has 1 fully saturated rings. The van der Waals surface area contributed by atoms with Crippen LogP contribution in [0.3, 0.4) is 0 Å². The highest BCUT2D eigenvalue weighted by atomic mass is 32.2. The van der Waals surface area contributed by atoms with E-state index in [1.54, 1.807) is 6.92 Å². The minimum Gasteiger partial charge on any atom is -0.481 e. The second-order valence-electron chi connectivity index (χ2n) is 5.22. The molecule has 0 aliphatic carbocycles. The summed E-state index contributed by atoms with van der Waals surface area (Å²) in [6.07, 6.45) is 1.64. The Morgan fingerprint density at radius 3 is 2.57 bits per heavy atom. The molecule has 1 aliphatic rings. The van der Waals surface area contributed by atoms with Crippen molar-refractivity contribution in [1.29, 1.82) is 0 Å². The average molecular weight is 321 g/mol. The van der Waals surface area contributed by atoms with Crippen LogP contribution < -0.4 is 10.0 Å². The number of hydrogen-bond donors (Lipinski definition) is 3. The molecule has 2 amide bonds. The first kappa shape index (κ1) is 17.7. The van der Waals surface area contributed by atoms with Crippen LogP contribution in [-0.4, -0.2) is 62.9 Å². The zero-order valence-corrected chi connectivity index (χ0v) is 13.2. The first-order valence-electron chi connectivity index (χ1n) is 6.94. The lowest BCUT2D eigenvalue weighted by Crippen LogP contribution is -2.53. The monoisotopic (exact) mass is 321 g/mol. The third kappa shape index (κ3) is 4.57. The summed E-state index contributed by atoms with van der Waals surface area (Å²) in [5.41, 5.74) is -0.896. The van der Waals surface area contributed by atoms with Crippen molar-refractivity contribution in [2.24, 2.45) is 5.41 Å². The van der Waals surface area contributed by atoms with Gasteiger partial charge in [-0.2, -0.15) is 0 Å². The molecular formula is C12H23N3O5S. The zero-order chi connectivity index (χ0) is 16.1. The Morgan fingerprint density at radius 1 is 1.38 bits per heavy atom. The van der Waals surface area contributed by atoms with Gasteiger partial charge in [0.2, 0.25) is 10.0 Å². The van der Waals surface area contributed by atoms with E-state index >= 15 is 0 Å². The summed E-state index contributed by atoms with van der Waals surface area (Å²) < 4.78 is 24.6. The van der Waals surface area contributed by atoms with E-state index in [1.165, 1.54) is 11.9 Å². The maximum absolute atomic E-state index is 12.0. The highest BCUT2D eigenvalue weighted by Crippen LogP contribution is 2.33. The number of nitrogens with zero attached hydrogens (tertiary/aromatic N) is 1. The third-order valence-corrected chi connectivity index (χ3v) is 5.32. The highest BCUT2D eigenvalue weighted by molar-refractivity contribution is 7.89. The lowest BCUT2D eigenvalue weighted by Gasteiger charge is -2.39. The van der Waals surface area contributed by atoms with Gasteiger partial charge in [-0.15, -0.1) is 0 Å². The molecule has 1 saturated heterocycles. The van der Waals surface area contributed by atoms with Gasteiger partial charge in [-0.1, -0.05) is 6.92 Å². The van der Waals surface area contributed by atoms with Crippen LogP contribution >= 0.6 is 0 Å². The summed E-state index contributed by atoms with van der Waals surface area (Å²) >= 11 is 0. The predicted octanol–water partition coefficient (Wildman–Crippen LogP) is -0.178. The van der Waals surface area contributed by atoms with Crippen molar-refractivity contribution in [2.45, 2.75) is 26.2 Å². The van der Waals surface area contributed by atoms with Gasteiger partial charge in [-0.05, 0) is 26.3 Å². The molecule has 8 nitrogen and oxygen atoms in total. The maximum Gasteiger partial charge on any atom is 0.317 e. The lowest BCUT2D eigenvalue weighted by atomic mass is 9.78. The molecule has 0 saturated carbocycles. The fraction of sp³-hybridized carbons (Fsp3) is 0.833. The molecule has 1 rings (SSSR count). The molecule has 1 heterocycles. The van der Waals surface area contributed by atoms with Crippen molar-refractivity contribution in [3.05, 3.63) is 0 Å². The topological polar surface area (TPSA) is 116 Å². The summed E-state index contributed by atoms with van der Waals surface area (Å²) in [5.74, 6) is -1.10. The van der Waals surface area contributed by atoms with Crippen LogP contribution in [0.5, 0.6) is 0 Å². The third-order valence-electron chi connectivity index (χ3n) is 3.95. The number of aliphatic carboxylic acids is 1. The summed E-state index contributed by atoms with van der Waals surface area (Å²) in [7, 11) is -2.05. The van der Waals surface area contributed by atoms with Crippen molar-refractivity contribution < 1.29 is 23.1 Å². The van der Waals surface area contributed by atoms with Crippen LogP contribution in [0, 0.1) is 5.41 Å². The molecule has 3 N–H and O–H groups in total. The zero-order valence-electron chi connectivity index (χ0n) is 12.4. The first-order chi connectivity index (χ1) is 9.76. The molecule has 1 aliphatic heterocycles. The van der Waals surface area contributed by atoms with E-state index in [0.29, 0.717) is 25.8 Å². The van der Waals surface area contributed by atoms with Crippen LogP contribution in [0.2, 0.25) is 0 Å². The van der Waals surface area contributed by atoms with Gasteiger partial charge >= 0.3 is 12.0 Å². The van der Waals surface area contributed by atoms with Gasteiger partial charge in [0.05, 0.1) is 11.2 Å². The smallest absolute Gasteiger partial charge is 0.317 e. The van der Waals surface area contributed by atoms with E-state index in [1.807, 2.05) is 0 Å². The molecule has 0 aromatic heterocycles. The van der Waals surface area contributed by atoms with Gasteiger partial charge < -0.3 is 15.3 Å². The molecule has 9 heteroatoms. The molecule has 0 bridgehead atoms. The van der Waals surface area contributed by atoms with Gasteiger partial charge in [0, 0.05) is 19.6 Å². The van der Waals surface area contributed by atoms with Crippen molar-refractivity contribution >= 4 is 22.0 Å². The van der Waals surface area contributed by atoms with Crippen molar-refractivity contribution in [1.82, 2.24) is 14.9 Å². The van der Waals surface area contributed by atoms with E-state index in [2.05, 4.69) is 10.0 Å². The lowest BCUT2D eigenvalue weighted by molar-refractivity contribution is -0.152. The number of piperidine rings is 1. The second-order valence-corrected chi connectivity index (χ2v) is 7.27. The van der Waals surface area contributed by atoms with E-state index < -0.39 is 27.4 Å². The van der Waals surface area contributed by atoms with Crippen LogP contribution in [-0.2, 0) is 14.8 Å². The Balaban J connectivity index is 2.57. The van der Waals surface area contributed by atoms with Gasteiger partial charge in [-0.25, -0.2) is 17.9 Å². The van der Waals surface area contributed by atoms with Gasteiger partial charge in [0.25, 0.3) is 0 Å². The van der Waals surface area contributed by atoms with Crippen molar-refractivity contribution in [3.8, 4) is 0 Å². The SMILES string of the molecule is CCC1(C(=O)O)CCCN(C(=O)NCCS(=O)(=O)NC)C1. The Bertz CT molecular complexity index is 493. The van der Waals surface area contributed by atoms with E-state index in [4.69, 9.17) is 0 Å². The first-order valence-corrected chi connectivity index (χ1v) is 8.59. The Hall–Kier alpha value is -1.35. The minimum atomic E-state index is -3.36. The summed E-state index contributed by atoms with van der Waals surface area (Å²) in [5, 5.41) is 11.9. The van der Waals surface area contributed by atoms with Gasteiger partial charge in [-0.3, -0.25) is 4.79 Å².